The lowest BCUT2D eigenvalue weighted by atomic mass is 10.0. The summed E-state index contributed by atoms with van der Waals surface area (Å²) in [6.07, 6.45) is 0.836. The molecule has 1 unspecified atom stereocenters. The number of benzene rings is 2. The molecular weight excluding hydrogens is 560 g/mol. The predicted octanol–water partition coefficient (Wildman–Crippen LogP) is 3.72. The maximum Gasteiger partial charge on any atom is 0.237 e. The van der Waals surface area contributed by atoms with E-state index in [1.807, 2.05) is 4.72 Å². The topological polar surface area (TPSA) is 115 Å². The van der Waals surface area contributed by atoms with Crippen LogP contribution in [0.1, 0.15) is 28.0 Å². The van der Waals surface area contributed by atoms with Gasteiger partial charge in [-0.15, -0.1) is 0 Å². The van der Waals surface area contributed by atoms with Crippen molar-refractivity contribution in [2.45, 2.75) is 12.1 Å². The lowest BCUT2D eigenvalue weighted by Gasteiger charge is -2.12. The number of rotatable bonds is 7. The molecule has 1 aliphatic rings. The Morgan fingerprint density at radius 1 is 1.22 bits per heavy atom. The molecule has 4 aromatic rings. The standard InChI is InChI=1S/C23H18BrF2N5O4S/c24-14-10-16-19(29-31(22(16)28-11-14)23-27-8-9-35-23)21(32)15-6-7-17(25)20(18(15)26)30-36(33,34)12-13-4-2-1-3-5-13/h1-7,10-11,23,27,30H,8-9,12H2. The SMILES string of the molecule is O=C(c1ccc(F)c(NS(=O)(=O)Cc2ccccc2)c1F)c1nn(C2NCCO2)c2ncc(Br)cc12. The lowest BCUT2D eigenvalue weighted by molar-refractivity contribution is 0.0372. The van der Waals surface area contributed by atoms with E-state index in [2.05, 4.69) is 31.3 Å². The highest BCUT2D eigenvalue weighted by molar-refractivity contribution is 9.10. The molecule has 0 bridgehead atoms. The number of carbonyl (C=O) groups excluding carboxylic acids is 1. The maximum absolute atomic E-state index is 15.4. The molecule has 2 aromatic heterocycles. The minimum atomic E-state index is -4.19. The molecule has 5 rings (SSSR count). The number of ketones is 1. The van der Waals surface area contributed by atoms with E-state index in [1.165, 1.54) is 10.9 Å². The summed E-state index contributed by atoms with van der Waals surface area (Å²) in [5, 5.41) is 7.68. The first-order valence-corrected chi connectivity index (χ1v) is 13.1. The van der Waals surface area contributed by atoms with E-state index in [4.69, 9.17) is 4.74 Å². The van der Waals surface area contributed by atoms with Gasteiger partial charge in [0.1, 0.15) is 17.2 Å². The Kier molecular flexibility index (Phi) is 6.55. The number of hydrogen-bond acceptors (Lipinski definition) is 7. The highest BCUT2D eigenvalue weighted by atomic mass is 79.9. The zero-order valence-electron chi connectivity index (χ0n) is 18.4. The van der Waals surface area contributed by atoms with Crippen molar-refractivity contribution in [3.63, 3.8) is 0 Å². The Hall–Kier alpha value is -3.26. The van der Waals surface area contributed by atoms with Gasteiger partial charge in [-0.05, 0) is 39.7 Å². The number of nitrogens with zero attached hydrogens (tertiary/aromatic N) is 3. The van der Waals surface area contributed by atoms with Crippen LogP contribution < -0.4 is 10.0 Å². The first-order valence-electron chi connectivity index (χ1n) is 10.7. The number of halogens is 3. The largest absolute Gasteiger partial charge is 0.342 e. The average Bonchev–Trinajstić information content (AvgIpc) is 3.49. The van der Waals surface area contributed by atoms with Gasteiger partial charge < -0.3 is 4.74 Å². The second-order valence-electron chi connectivity index (χ2n) is 7.95. The minimum Gasteiger partial charge on any atom is -0.342 e. The number of ether oxygens (including phenoxy) is 1. The smallest absolute Gasteiger partial charge is 0.237 e. The molecule has 1 atom stereocenters. The fourth-order valence-corrected chi connectivity index (χ4v) is 5.37. The van der Waals surface area contributed by atoms with Crippen LogP contribution in [0.4, 0.5) is 14.5 Å². The maximum atomic E-state index is 15.4. The molecule has 0 radical (unpaired) electrons. The quantitative estimate of drug-likeness (QED) is 0.322. The van der Waals surface area contributed by atoms with E-state index < -0.39 is 50.8 Å². The molecule has 0 spiro atoms. The van der Waals surface area contributed by atoms with Gasteiger partial charge in [-0.1, -0.05) is 30.3 Å². The number of sulfonamides is 1. The van der Waals surface area contributed by atoms with E-state index in [9.17, 15) is 17.6 Å². The molecule has 0 amide bonds. The number of hydrogen-bond donors (Lipinski definition) is 2. The van der Waals surface area contributed by atoms with Crippen molar-refractivity contribution in [3.05, 3.63) is 87.7 Å². The average molecular weight is 578 g/mol. The van der Waals surface area contributed by atoms with Gasteiger partial charge in [-0.3, -0.25) is 14.8 Å². The van der Waals surface area contributed by atoms with Crippen LogP contribution >= 0.6 is 15.9 Å². The third-order valence-electron chi connectivity index (χ3n) is 5.44. The van der Waals surface area contributed by atoms with E-state index in [-0.39, 0.29) is 5.69 Å². The molecule has 13 heteroatoms. The Balaban J connectivity index is 1.53. The summed E-state index contributed by atoms with van der Waals surface area (Å²) in [7, 11) is -4.19. The fourth-order valence-electron chi connectivity index (χ4n) is 3.83. The van der Waals surface area contributed by atoms with Crippen molar-refractivity contribution in [2.75, 3.05) is 17.9 Å². The van der Waals surface area contributed by atoms with Gasteiger partial charge in [0.2, 0.25) is 22.2 Å². The van der Waals surface area contributed by atoms with Crippen LogP contribution in [0.15, 0.2) is 59.2 Å². The first-order chi connectivity index (χ1) is 17.2. The number of fused-ring (bicyclic) bond motifs is 1. The van der Waals surface area contributed by atoms with Crippen LogP contribution in [0.2, 0.25) is 0 Å². The minimum absolute atomic E-state index is 0.153. The molecule has 9 nitrogen and oxygen atoms in total. The summed E-state index contributed by atoms with van der Waals surface area (Å²) in [6.45, 7) is 0.982. The number of nitrogens with one attached hydrogen (secondary N) is 2. The van der Waals surface area contributed by atoms with Gasteiger partial charge in [-0.25, -0.2) is 26.9 Å². The first kappa shape index (κ1) is 24.4. The van der Waals surface area contributed by atoms with Gasteiger partial charge in [0.25, 0.3) is 0 Å². The Bertz CT molecular complexity index is 1570. The van der Waals surface area contributed by atoms with Crippen LogP contribution in [0.5, 0.6) is 0 Å². The molecule has 1 fully saturated rings. The van der Waals surface area contributed by atoms with Gasteiger partial charge in [-0.2, -0.15) is 5.10 Å². The molecule has 2 aromatic carbocycles. The summed E-state index contributed by atoms with van der Waals surface area (Å²) in [5.41, 5.74) is -0.913. The summed E-state index contributed by atoms with van der Waals surface area (Å²) in [4.78, 5) is 17.7. The lowest BCUT2D eigenvalue weighted by Crippen LogP contribution is -2.22. The molecule has 36 heavy (non-hydrogen) atoms. The molecule has 1 saturated heterocycles. The Morgan fingerprint density at radius 2 is 2.00 bits per heavy atom. The Labute approximate surface area is 212 Å². The third kappa shape index (κ3) is 4.74. The molecule has 186 valence electrons. The Morgan fingerprint density at radius 3 is 2.72 bits per heavy atom. The van der Waals surface area contributed by atoms with Gasteiger partial charge >= 0.3 is 0 Å². The predicted molar refractivity (Wildman–Crippen MR) is 131 cm³/mol. The molecule has 1 aliphatic heterocycles. The molecule has 0 saturated carbocycles. The monoisotopic (exact) mass is 577 g/mol. The van der Waals surface area contributed by atoms with Crippen molar-refractivity contribution < 1.29 is 26.7 Å². The van der Waals surface area contributed by atoms with Crippen molar-refractivity contribution in [1.82, 2.24) is 20.1 Å². The third-order valence-corrected chi connectivity index (χ3v) is 7.10. The van der Waals surface area contributed by atoms with E-state index >= 15 is 4.39 Å². The zero-order valence-corrected chi connectivity index (χ0v) is 20.8. The highest BCUT2D eigenvalue weighted by Gasteiger charge is 2.29. The van der Waals surface area contributed by atoms with Crippen molar-refractivity contribution in [1.29, 1.82) is 0 Å². The molecule has 2 N–H and O–H groups in total. The second kappa shape index (κ2) is 9.65. The summed E-state index contributed by atoms with van der Waals surface area (Å²) in [5.74, 6) is -3.90. The van der Waals surface area contributed by atoms with Crippen LogP contribution in [0, 0.1) is 11.6 Å². The molecular formula is C23H18BrF2N5O4S. The van der Waals surface area contributed by atoms with E-state index in [1.54, 1.807) is 36.4 Å². The van der Waals surface area contributed by atoms with Crippen molar-refractivity contribution in [2.24, 2.45) is 0 Å². The molecule has 0 aliphatic carbocycles. The van der Waals surface area contributed by atoms with Crippen LogP contribution in [0.25, 0.3) is 11.0 Å². The number of anilines is 1. The highest BCUT2D eigenvalue weighted by Crippen LogP contribution is 2.29. The van der Waals surface area contributed by atoms with E-state index in [0.717, 1.165) is 12.1 Å². The van der Waals surface area contributed by atoms with Crippen LogP contribution in [-0.4, -0.2) is 42.1 Å². The second-order valence-corrected chi connectivity index (χ2v) is 10.6. The van der Waals surface area contributed by atoms with E-state index in [0.29, 0.717) is 34.2 Å². The van der Waals surface area contributed by atoms with Crippen LogP contribution in [0.3, 0.4) is 0 Å². The zero-order chi connectivity index (χ0) is 25.4. The van der Waals surface area contributed by atoms with Crippen molar-refractivity contribution in [3.8, 4) is 0 Å². The summed E-state index contributed by atoms with van der Waals surface area (Å²) < 4.78 is 64.6. The van der Waals surface area contributed by atoms with Gasteiger partial charge in [0, 0.05) is 17.2 Å². The normalized spacial score (nSPS) is 15.9. The summed E-state index contributed by atoms with van der Waals surface area (Å²) in [6, 6.07) is 11.5. The summed E-state index contributed by atoms with van der Waals surface area (Å²) >= 11 is 3.30. The number of carbonyl (C=O) groups is 1. The molecule has 3 heterocycles. The van der Waals surface area contributed by atoms with Gasteiger partial charge in [0.05, 0.1) is 23.3 Å². The number of pyridine rings is 1. The van der Waals surface area contributed by atoms with Gasteiger partial charge in [0.15, 0.2) is 11.5 Å². The van der Waals surface area contributed by atoms with Crippen LogP contribution in [-0.2, 0) is 20.5 Å². The fraction of sp³-hybridized carbons (Fsp3) is 0.174. The number of aromatic nitrogens is 3. The van der Waals surface area contributed by atoms with Crippen molar-refractivity contribution >= 4 is 48.5 Å².